The Balaban J connectivity index is 2.02. The number of alkyl halides is 3. The molecule has 0 N–H and O–H groups in total. The van der Waals surface area contributed by atoms with Gasteiger partial charge in [0.1, 0.15) is 0 Å². The summed E-state index contributed by atoms with van der Waals surface area (Å²) < 4.78 is 37.9. The number of pyridine rings is 1. The normalized spacial score (nSPS) is 22.4. The number of nitrogens with zero attached hydrogens (tertiary/aromatic N) is 3. The molecule has 0 aliphatic heterocycles. The monoisotopic (exact) mass is 315 g/mol. The second-order valence-corrected chi connectivity index (χ2v) is 5.88. The fourth-order valence-corrected chi connectivity index (χ4v) is 2.83. The van der Waals surface area contributed by atoms with Gasteiger partial charge in [-0.15, -0.1) is 0 Å². The summed E-state index contributed by atoms with van der Waals surface area (Å²) in [6, 6.07) is 1.88. The number of rotatable bonds is 1. The molecule has 0 atom stereocenters. The van der Waals surface area contributed by atoms with E-state index in [9.17, 15) is 13.2 Å². The summed E-state index contributed by atoms with van der Waals surface area (Å²) >= 11 is 5.88. The van der Waals surface area contributed by atoms with Crippen LogP contribution in [0.15, 0.2) is 6.07 Å². The van der Waals surface area contributed by atoms with Gasteiger partial charge in [0.25, 0.3) is 0 Å². The Kier molecular flexibility index (Phi) is 3.31. The van der Waals surface area contributed by atoms with Crippen molar-refractivity contribution >= 4 is 22.6 Å². The Hall–Kier alpha value is -1.43. The summed E-state index contributed by atoms with van der Waals surface area (Å²) in [6.45, 7) is 3.76. The van der Waals surface area contributed by atoms with Crippen LogP contribution < -0.4 is 0 Å². The van der Waals surface area contributed by atoms with Crippen LogP contribution in [0.5, 0.6) is 0 Å². The molecule has 0 bridgehead atoms. The lowest BCUT2D eigenvalue weighted by molar-refractivity contribution is -0.197. The van der Waals surface area contributed by atoms with Gasteiger partial charge in [0.2, 0.25) is 5.28 Å². The van der Waals surface area contributed by atoms with Gasteiger partial charge in [-0.2, -0.15) is 18.2 Å². The number of hydrogen-bond donors (Lipinski definition) is 0. The molecule has 21 heavy (non-hydrogen) atoms. The molecule has 2 heterocycles. The van der Waals surface area contributed by atoms with Crippen LogP contribution >= 0.6 is 11.6 Å². The average Bonchev–Trinajstić information content (AvgIpc) is 2.27. The van der Waals surface area contributed by atoms with E-state index in [-0.39, 0.29) is 24.0 Å². The van der Waals surface area contributed by atoms with Crippen LogP contribution in [0.4, 0.5) is 13.2 Å². The maximum atomic E-state index is 12.6. The standard InChI is InChI=1S/C14H13ClF3N3/c1-6-3-10-11(8-4-9(5-8)14(16,17)18)20-13(15)21-12(10)19-7(6)2/h3,8-9H,4-5H2,1-2H3. The van der Waals surface area contributed by atoms with E-state index in [1.807, 2.05) is 19.9 Å². The number of aromatic nitrogens is 3. The van der Waals surface area contributed by atoms with Crippen molar-refractivity contribution in [3.8, 4) is 0 Å². The third kappa shape index (κ3) is 2.57. The summed E-state index contributed by atoms with van der Waals surface area (Å²) in [6.07, 6.45) is -4.02. The summed E-state index contributed by atoms with van der Waals surface area (Å²) in [5, 5.41) is 0.733. The maximum absolute atomic E-state index is 12.6. The highest BCUT2D eigenvalue weighted by Crippen LogP contribution is 2.50. The molecule has 2 aromatic rings. The van der Waals surface area contributed by atoms with Gasteiger partial charge in [-0.3, -0.25) is 0 Å². The van der Waals surface area contributed by atoms with E-state index in [1.54, 1.807) is 0 Å². The molecule has 7 heteroatoms. The molecule has 1 fully saturated rings. The molecule has 0 amide bonds. The molecule has 3 rings (SSSR count). The fourth-order valence-electron chi connectivity index (χ4n) is 2.66. The van der Waals surface area contributed by atoms with Crippen LogP contribution in [0.2, 0.25) is 5.28 Å². The third-order valence-corrected chi connectivity index (χ3v) is 4.29. The van der Waals surface area contributed by atoms with Crippen LogP contribution in [0.3, 0.4) is 0 Å². The highest BCUT2D eigenvalue weighted by molar-refractivity contribution is 6.28. The first kappa shape index (κ1) is 14.5. The van der Waals surface area contributed by atoms with Gasteiger partial charge in [-0.05, 0) is 49.9 Å². The number of hydrogen-bond acceptors (Lipinski definition) is 3. The molecule has 2 aromatic heterocycles. The van der Waals surface area contributed by atoms with E-state index in [0.717, 1.165) is 11.3 Å². The zero-order chi connectivity index (χ0) is 15.4. The molecule has 3 nitrogen and oxygen atoms in total. The quantitative estimate of drug-likeness (QED) is 0.734. The van der Waals surface area contributed by atoms with Gasteiger partial charge in [0, 0.05) is 17.0 Å². The first-order valence-electron chi connectivity index (χ1n) is 6.64. The largest absolute Gasteiger partial charge is 0.391 e. The SMILES string of the molecule is Cc1cc2c(C3CC(C(F)(F)F)C3)nc(Cl)nc2nc1C. The predicted molar refractivity (Wildman–Crippen MR) is 73.3 cm³/mol. The van der Waals surface area contributed by atoms with Crippen LogP contribution in [-0.2, 0) is 0 Å². The second kappa shape index (κ2) is 4.80. The molecule has 0 aromatic carbocycles. The average molecular weight is 316 g/mol. The zero-order valence-corrected chi connectivity index (χ0v) is 12.3. The number of fused-ring (bicyclic) bond motifs is 1. The Morgan fingerprint density at radius 3 is 2.43 bits per heavy atom. The van der Waals surface area contributed by atoms with E-state index in [2.05, 4.69) is 15.0 Å². The highest BCUT2D eigenvalue weighted by atomic mass is 35.5. The molecular formula is C14H13ClF3N3. The van der Waals surface area contributed by atoms with Crippen molar-refractivity contribution in [1.82, 2.24) is 15.0 Å². The summed E-state index contributed by atoms with van der Waals surface area (Å²) in [5.74, 6) is -1.48. The van der Waals surface area contributed by atoms with Gasteiger partial charge in [-0.25, -0.2) is 9.97 Å². The zero-order valence-electron chi connectivity index (χ0n) is 11.5. The van der Waals surface area contributed by atoms with Gasteiger partial charge in [0.05, 0.1) is 11.6 Å². The lowest BCUT2D eigenvalue weighted by atomic mass is 9.72. The number of halogens is 4. The molecule has 1 aliphatic rings. The van der Waals surface area contributed by atoms with E-state index < -0.39 is 12.1 Å². The summed E-state index contributed by atoms with van der Waals surface area (Å²) in [7, 11) is 0. The predicted octanol–water partition coefficient (Wildman–Crippen LogP) is 4.35. The third-order valence-electron chi connectivity index (χ3n) is 4.12. The summed E-state index contributed by atoms with van der Waals surface area (Å²) in [4.78, 5) is 12.6. The van der Waals surface area contributed by atoms with Crippen molar-refractivity contribution in [1.29, 1.82) is 0 Å². The number of aryl methyl sites for hydroxylation is 2. The Morgan fingerprint density at radius 1 is 1.14 bits per heavy atom. The molecule has 0 radical (unpaired) electrons. The Morgan fingerprint density at radius 2 is 1.81 bits per heavy atom. The van der Waals surface area contributed by atoms with Crippen LogP contribution in [0.25, 0.3) is 11.0 Å². The second-order valence-electron chi connectivity index (χ2n) is 5.55. The van der Waals surface area contributed by atoms with Gasteiger partial charge in [0.15, 0.2) is 5.65 Å². The van der Waals surface area contributed by atoms with Crippen LogP contribution in [0, 0.1) is 19.8 Å². The minimum absolute atomic E-state index is 0.0312. The van der Waals surface area contributed by atoms with Crippen molar-refractivity contribution in [2.75, 3.05) is 0 Å². The molecule has 1 saturated carbocycles. The van der Waals surface area contributed by atoms with Crippen LogP contribution in [-0.4, -0.2) is 21.1 Å². The van der Waals surface area contributed by atoms with Crippen molar-refractivity contribution in [3.05, 3.63) is 28.3 Å². The molecule has 112 valence electrons. The molecule has 0 unspecified atom stereocenters. The van der Waals surface area contributed by atoms with Crippen molar-refractivity contribution in [2.24, 2.45) is 5.92 Å². The topological polar surface area (TPSA) is 38.7 Å². The van der Waals surface area contributed by atoms with Crippen molar-refractivity contribution < 1.29 is 13.2 Å². The lowest BCUT2D eigenvalue weighted by Crippen LogP contribution is -2.35. The minimum Gasteiger partial charge on any atom is -0.233 e. The first-order valence-corrected chi connectivity index (χ1v) is 7.01. The fraction of sp³-hybridized carbons (Fsp3) is 0.500. The lowest BCUT2D eigenvalue weighted by Gasteiger charge is -2.36. The van der Waals surface area contributed by atoms with Crippen molar-refractivity contribution in [3.63, 3.8) is 0 Å². The summed E-state index contributed by atoms with van der Waals surface area (Å²) in [5.41, 5.74) is 2.82. The molecule has 1 aliphatic carbocycles. The minimum atomic E-state index is -4.13. The van der Waals surface area contributed by atoms with Gasteiger partial charge in [-0.1, -0.05) is 0 Å². The van der Waals surface area contributed by atoms with E-state index in [4.69, 9.17) is 11.6 Å². The maximum Gasteiger partial charge on any atom is 0.391 e. The molecule has 0 saturated heterocycles. The highest BCUT2D eigenvalue weighted by Gasteiger charge is 2.49. The van der Waals surface area contributed by atoms with Gasteiger partial charge < -0.3 is 0 Å². The molecular weight excluding hydrogens is 303 g/mol. The van der Waals surface area contributed by atoms with E-state index in [1.165, 1.54) is 0 Å². The Bertz CT molecular complexity index is 709. The van der Waals surface area contributed by atoms with E-state index >= 15 is 0 Å². The van der Waals surface area contributed by atoms with E-state index in [0.29, 0.717) is 16.7 Å². The first-order chi connectivity index (χ1) is 9.75. The molecule has 0 spiro atoms. The van der Waals surface area contributed by atoms with Crippen molar-refractivity contribution in [2.45, 2.75) is 38.8 Å². The smallest absolute Gasteiger partial charge is 0.233 e. The van der Waals surface area contributed by atoms with Gasteiger partial charge >= 0.3 is 6.18 Å². The van der Waals surface area contributed by atoms with Crippen LogP contribution in [0.1, 0.15) is 35.7 Å². The Labute approximate surface area is 124 Å².